The average Bonchev–Trinajstić information content (AvgIpc) is 1.14. The number of rotatable bonds is 2. The van der Waals surface area contributed by atoms with Crippen molar-refractivity contribution in [3.05, 3.63) is 0 Å². The van der Waals surface area contributed by atoms with Gasteiger partial charge in [0.2, 0.25) is 0 Å². The third kappa shape index (κ3) is 19.4. The molecular formula is H4AsGd2O7P. The van der Waals surface area contributed by atoms with Crippen molar-refractivity contribution >= 4 is 22.3 Å². The van der Waals surface area contributed by atoms with E-state index in [1.165, 1.54) is 0 Å². The fourth-order valence-corrected chi connectivity index (χ4v) is 2.16. The number of hydrogen-bond donors (Lipinski definition) is 4. The Bertz CT molecular complexity index is 157. The summed E-state index contributed by atoms with van der Waals surface area (Å²) in [7, 11) is -5.02. The average molecular weight is 536 g/mol. The minimum atomic E-state index is -5.61. The minimum Gasteiger partial charge on any atom is 0 e. The van der Waals surface area contributed by atoms with Gasteiger partial charge in [0, 0.05) is 79.9 Å². The van der Waals surface area contributed by atoms with Crippen LogP contribution < -0.4 is 0 Å². The normalized spacial score (nSPS) is 11.3. The molecular weight excluding hydrogens is 532 g/mol. The summed E-state index contributed by atoms with van der Waals surface area (Å²) in [6.07, 6.45) is 0. The van der Waals surface area contributed by atoms with Gasteiger partial charge in [-0.05, 0) is 0 Å². The van der Waals surface area contributed by atoms with Gasteiger partial charge in [-0.2, -0.15) is 0 Å². The zero-order valence-electron chi connectivity index (χ0n) is 4.62. The van der Waals surface area contributed by atoms with Gasteiger partial charge in [-0.3, -0.25) is 0 Å². The van der Waals surface area contributed by atoms with Crippen molar-refractivity contribution in [2.75, 3.05) is 0 Å². The standard InChI is InChI=1S/AsH4O7P.2Gd/c2-1(3,4)8-9(5,6)7;;/h(H2,2,3,4)(H2,5,6,7);;. The van der Waals surface area contributed by atoms with Crippen LogP contribution >= 0.6 is 7.82 Å². The van der Waals surface area contributed by atoms with Crippen LogP contribution in [0.25, 0.3) is 0 Å². The molecule has 0 radical (unpaired) electrons. The topological polar surface area (TPSA) is 124 Å². The van der Waals surface area contributed by atoms with E-state index >= 15 is 0 Å². The molecule has 7 nitrogen and oxygen atoms in total. The first-order valence-corrected chi connectivity index (χ1v) is 6.27. The molecule has 0 aliphatic carbocycles. The Morgan fingerprint density at radius 1 is 1.18 bits per heavy atom. The molecule has 0 aliphatic rings. The fraction of sp³-hybridized carbons (Fsp3) is 0. The summed E-state index contributed by atoms with van der Waals surface area (Å²) in [5.41, 5.74) is 0. The first-order chi connectivity index (χ1) is 3.71. The Morgan fingerprint density at radius 3 is 1.45 bits per heavy atom. The molecule has 0 aromatic carbocycles. The van der Waals surface area contributed by atoms with E-state index in [-0.39, 0.29) is 79.9 Å². The molecule has 72 valence electrons. The van der Waals surface area contributed by atoms with Gasteiger partial charge in [0.25, 0.3) is 0 Å². The molecule has 0 spiro atoms. The molecule has 11 heteroatoms. The molecule has 0 aliphatic heterocycles. The molecule has 0 atom stereocenters. The van der Waals surface area contributed by atoms with E-state index in [0.717, 1.165) is 0 Å². The predicted molar refractivity (Wildman–Crippen MR) is 24.0 cm³/mol. The zero-order chi connectivity index (χ0) is 7.71. The smallest absolute Gasteiger partial charge is 0 e. The quantitative estimate of drug-likeness (QED) is 0.237. The van der Waals surface area contributed by atoms with E-state index in [9.17, 15) is 8.30 Å². The summed E-state index contributed by atoms with van der Waals surface area (Å²) in [6.45, 7) is 0. The Kier molecular flexibility index (Phi) is 13.1. The maximum Gasteiger partial charge on any atom is 0 e. The van der Waals surface area contributed by atoms with E-state index < -0.39 is 22.3 Å². The molecule has 0 amide bonds. The van der Waals surface area contributed by atoms with Gasteiger partial charge in [0.05, 0.1) is 0 Å². The Balaban J connectivity index is -0.000000320. The van der Waals surface area contributed by atoms with Crippen LogP contribution in [0.4, 0.5) is 0 Å². The molecule has 0 aromatic heterocycles. The number of phosphoric acid groups is 1. The zero-order valence-corrected chi connectivity index (χ0v) is 11.9. The molecule has 0 saturated carbocycles. The second-order valence-electron chi connectivity index (χ2n) is 1.06. The Labute approximate surface area is 129 Å². The second-order valence-corrected chi connectivity index (χ2v) is 5.29. The molecule has 0 bridgehead atoms. The van der Waals surface area contributed by atoms with Crippen molar-refractivity contribution in [2.45, 2.75) is 0 Å². The first kappa shape index (κ1) is 19.6. The third-order valence-electron chi connectivity index (χ3n) is 0.213. The summed E-state index contributed by atoms with van der Waals surface area (Å²) < 4.78 is 38.0. The van der Waals surface area contributed by atoms with Crippen molar-refractivity contribution < 1.29 is 110 Å². The number of hydrogen-bond acceptors (Lipinski definition) is 3. The maximum absolute atomic E-state index is 9.69. The largest absolute Gasteiger partial charge is 0 e. The van der Waals surface area contributed by atoms with Crippen molar-refractivity contribution in [1.82, 2.24) is 0 Å². The minimum absolute atomic E-state index is 0. The van der Waals surface area contributed by atoms with Gasteiger partial charge < -0.3 is 0 Å². The van der Waals surface area contributed by atoms with Crippen LogP contribution in [-0.4, -0.2) is 32.5 Å². The van der Waals surface area contributed by atoms with E-state index in [4.69, 9.17) is 18.0 Å². The van der Waals surface area contributed by atoms with E-state index in [1.54, 1.807) is 0 Å². The van der Waals surface area contributed by atoms with Crippen LogP contribution in [0.15, 0.2) is 0 Å². The summed E-state index contributed by atoms with van der Waals surface area (Å²) in [5, 5.41) is 0. The first-order valence-electron chi connectivity index (χ1n) is 1.53. The molecule has 4 N–H and O–H groups in total. The van der Waals surface area contributed by atoms with Crippen LogP contribution in [0.5, 0.6) is 0 Å². The molecule has 0 saturated heterocycles. The van der Waals surface area contributed by atoms with Gasteiger partial charge in [0.15, 0.2) is 0 Å². The molecule has 0 rings (SSSR count). The van der Waals surface area contributed by atoms with Gasteiger partial charge in [-0.25, -0.2) is 0 Å². The summed E-state index contributed by atoms with van der Waals surface area (Å²) >= 11 is -5.61. The SMILES string of the molecule is O=P(O)(O)O[As](=O)(O)O.[Gd].[Gd]. The monoisotopic (exact) mass is 538 g/mol. The van der Waals surface area contributed by atoms with Crippen molar-refractivity contribution in [3.63, 3.8) is 0 Å². The molecule has 11 heavy (non-hydrogen) atoms. The van der Waals surface area contributed by atoms with Crippen LogP contribution in [-0.2, 0) is 11.8 Å². The predicted octanol–water partition coefficient (Wildman–Crippen LogP) is -2.05. The van der Waals surface area contributed by atoms with Crippen LogP contribution in [0.1, 0.15) is 0 Å². The van der Waals surface area contributed by atoms with Crippen molar-refractivity contribution in [2.24, 2.45) is 0 Å². The van der Waals surface area contributed by atoms with Crippen molar-refractivity contribution in [3.8, 4) is 0 Å². The third-order valence-corrected chi connectivity index (χ3v) is 3.32. The summed E-state index contributed by atoms with van der Waals surface area (Å²) in [6, 6.07) is 0. The molecule has 0 heterocycles. The molecule has 0 aromatic rings. The van der Waals surface area contributed by atoms with E-state index in [1.807, 2.05) is 0 Å². The Morgan fingerprint density at radius 2 is 1.45 bits per heavy atom. The van der Waals surface area contributed by atoms with E-state index in [0.29, 0.717) is 0 Å². The van der Waals surface area contributed by atoms with Crippen molar-refractivity contribution in [1.29, 1.82) is 0 Å². The van der Waals surface area contributed by atoms with Crippen LogP contribution in [0.3, 0.4) is 0 Å². The molecule has 0 unspecified atom stereocenters. The van der Waals surface area contributed by atoms with Gasteiger partial charge in [-0.1, -0.05) is 0 Å². The molecule has 0 fully saturated rings. The maximum atomic E-state index is 9.69. The fourth-order valence-electron chi connectivity index (χ4n) is 0.139. The Hall–Kier alpha value is 3.04. The van der Waals surface area contributed by atoms with Gasteiger partial charge in [0.1, 0.15) is 0 Å². The van der Waals surface area contributed by atoms with Gasteiger partial charge in [-0.15, -0.1) is 0 Å². The van der Waals surface area contributed by atoms with Gasteiger partial charge >= 0.3 is 52.1 Å². The van der Waals surface area contributed by atoms with Crippen LogP contribution in [0.2, 0.25) is 0 Å². The van der Waals surface area contributed by atoms with E-state index in [2.05, 4.69) is 3.51 Å². The van der Waals surface area contributed by atoms with Crippen LogP contribution in [0, 0.1) is 79.9 Å². The second kappa shape index (κ2) is 7.35. The summed E-state index contributed by atoms with van der Waals surface area (Å²) in [4.78, 5) is 15.5. The summed E-state index contributed by atoms with van der Waals surface area (Å²) in [5.74, 6) is 0.